The first kappa shape index (κ1) is 42.1. The Labute approximate surface area is 355 Å². The van der Waals surface area contributed by atoms with Crippen molar-refractivity contribution in [2.45, 2.75) is 120 Å². The zero-order valence-electron chi connectivity index (χ0n) is 35.1. The molecule has 15 nitrogen and oxygen atoms in total. The number of ether oxygens (including phenoxy) is 3. The Morgan fingerprint density at radius 3 is 2.51 bits per heavy atom. The minimum atomic E-state index is -3.92. The second kappa shape index (κ2) is 16.3. The van der Waals surface area contributed by atoms with Crippen molar-refractivity contribution in [3.63, 3.8) is 0 Å². The molecule has 2 saturated carbocycles. The molecule has 0 unspecified atom stereocenters. The highest BCUT2D eigenvalue weighted by molar-refractivity contribution is 7.91. The summed E-state index contributed by atoms with van der Waals surface area (Å²) in [5, 5.41) is 5.83. The number of carbonyl (C=O) groups is 4. The summed E-state index contributed by atoms with van der Waals surface area (Å²) < 4.78 is 52.2. The maximum absolute atomic E-state index is 14.7. The van der Waals surface area contributed by atoms with Crippen molar-refractivity contribution >= 4 is 55.9 Å². The molecular formula is C45H53N5O10S. The third-order valence-corrected chi connectivity index (χ3v) is 13.6. The first-order valence-electron chi connectivity index (χ1n) is 21.0. The predicted molar refractivity (Wildman–Crippen MR) is 227 cm³/mol. The summed E-state index contributed by atoms with van der Waals surface area (Å²) >= 11 is 0. The molecule has 16 heteroatoms. The van der Waals surface area contributed by atoms with Gasteiger partial charge in [-0.05, 0) is 103 Å². The fraction of sp³-hybridized carbons (Fsp3) is 0.489. The third kappa shape index (κ3) is 9.05. The molecule has 2 aromatic heterocycles. The van der Waals surface area contributed by atoms with Gasteiger partial charge in [0, 0.05) is 29.4 Å². The number of amides is 4. The van der Waals surface area contributed by atoms with Crippen LogP contribution in [0.25, 0.3) is 33.3 Å². The van der Waals surface area contributed by atoms with Crippen molar-refractivity contribution in [3.8, 4) is 22.8 Å². The number of hydrogen-bond donors (Lipinski definition) is 3. The Hall–Kier alpha value is -5.64. The first-order chi connectivity index (χ1) is 29.0. The number of benzene rings is 2. The lowest BCUT2D eigenvalue weighted by molar-refractivity contribution is -0.141. The molecule has 2 aliphatic heterocycles. The van der Waals surface area contributed by atoms with Crippen molar-refractivity contribution in [3.05, 3.63) is 66.2 Å². The lowest BCUT2D eigenvalue weighted by atomic mass is 10.0. The van der Waals surface area contributed by atoms with Crippen molar-refractivity contribution in [2.75, 3.05) is 13.7 Å². The standard InChI is InChI=1S/C45H53N5O10S/c1-26-13-20-36-32(21-26)38-39(59-36)37(23-34(46-38)27-14-16-29(57-5)17-15-27)58-30-22-35-40(51)48-45(42(53)49-61(55,56)31-18-19-31)24-28(45)11-9-7-6-8-10-12-33(41(52)50(35)25-30)47-43(54)60-44(2,3)4/h9,11,13-17,20-21,23,28,30-31,33,35H,6-8,10,12,18-19,22,24-25H2,1-5H3,(H,47,54)(H,48,51)(H,49,53)/t28-,30-,33+,35+,45-/m1/s1. The Morgan fingerprint density at radius 1 is 1.02 bits per heavy atom. The van der Waals surface area contributed by atoms with Crippen molar-refractivity contribution < 1.29 is 46.2 Å². The molecule has 4 aliphatic rings. The molecule has 2 aliphatic carbocycles. The Bertz CT molecular complexity index is 2510. The van der Waals surface area contributed by atoms with E-state index in [0.29, 0.717) is 66.0 Å². The van der Waals surface area contributed by atoms with Crippen LogP contribution in [0.5, 0.6) is 11.5 Å². The fourth-order valence-electron chi connectivity index (χ4n) is 8.29. The molecule has 324 valence electrons. The number of sulfonamides is 1. The number of aromatic nitrogens is 1. The van der Waals surface area contributed by atoms with E-state index >= 15 is 0 Å². The highest BCUT2D eigenvalue weighted by Crippen LogP contribution is 2.46. The largest absolute Gasteiger partial charge is 0.497 e. The third-order valence-electron chi connectivity index (χ3n) is 11.8. The molecule has 8 rings (SSSR count). The number of nitrogens with zero attached hydrogens (tertiary/aromatic N) is 2. The monoisotopic (exact) mass is 855 g/mol. The summed E-state index contributed by atoms with van der Waals surface area (Å²) in [7, 11) is -2.33. The molecule has 4 heterocycles. The summed E-state index contributed by atoms with van der Waals surface area (Å²) in [5.41, 5.74) is 1.61. The van der Waals surface area contributed by atoms with E-state index in [2.05, 4.69) is 15.4 Å². The number of hydrogen-bond acceptors (Lipinski definition) is 11. The van der Waals surface area contributed by atoms with Gasteiger partial charge in [0.15, 0.2) is 11.3 Å². The van der Waals surface area contributed by atoms with Crippen LogP contribution < -0.4 is 24.8 Å². The molecule has 4 aromatic rings. The fourth-order valence-corrected chi connectivity index (χ4v) is 9.66. The average Bonchev–Trinajstić information content (AvgIpc) is 4.11. The van der Waals surface area contributed by atoms with Gasteiger partial charge in [-0.1, -0.05) is 36.6 Å². The minimum Gasteiger partial charge on any atom is -0.497 e. The number of rotatable bonds is 8. The number of allylic oxidation sites excluding steroid dienone is 1. The van der Waals surface area contributed by atoms with Crippen LogP contribution in [0.4, 0.5) is 4.79 Å². The maximum Gasteiger partial charge on any atom is 0.408 e. The Kier molecular flexibility index (Phi) is 11.3. The Balaban J connectivity index is 1.15. The van der Waals surface area contributed by atoms with Crippen LogP contribution in [0, 0.1) is 12.8 Å². The van der Waals surface area contributed by atoms with E-state index < -0.39 is 74.3 Å². The molecule has 3 N–H and O–H groups in total. The van der Waals surface area contributed by atoms with Gasteiger partial charge in [0.2, 0.25) is 21.8 Å². The summed E-state index contributed by atoms with van der Waals surface area (Å²) in [6, 6.07) is 12.8. The molecule has 61 heavy (non-hydrogen) atoms. The normalized spacial score (nSPS) is 24.8. The highest BCUT2D eigenvalue weighted by Gasteiger charge is 2.62. The van der Waals surface area contributed by atoms with Gasteiger partial charge in [-0.25, -0.2) is 18.2 Å². The van der Waals surface area contributed by atoms with Gasteiger partial charge in [0.1, 0.15) is 46.2 Å². The SMILES string of the molecule is COc1ccc(-c2cc(O[C@@H]3C[C@H]4C(=O)N[C@]5(C(=O)NS(=O)(=O)C6CC6)C[C@H]5C=CCCCCC[C@H](NC(=O)OC(C)(C)C)C(=O)N4C3)c3oc4ccc(C)cc4c3n2)cc1. The summed E-state index contributed by atoms with van der Waals surface area (Å²) in [5.74, 6) is -1.37. The number of nitrogens with one attached hydrogen (secondary N) is 3. The van der Waals surface area contributed by atoms with Gasteiger partial charge < -0.3 is 34.2 Å². The number of alkyl carbamates (subject to hydrolysis) is 1. The van der Waals surface area contributed by atoms with E-state index in [0.717, 1.165) is 29.4 Å². The van der Waals surface area contributed by atoms with Gasteiger partial charge >= 0.3 is 6.09 Å². The molecule has 3 fully saturated rings. The zero-order valence-corrected chi connectivity index (χ0v) is 35.9. The lowest BCUT2D eigenvalue weighted by Crippen LogP contribution is -2.58. The van der Waals surface area contributed by atoms with Crippen molar-refractivity contribution in [2.24, 2.45) is 5.92 Å². The van der Waals surface area contributed by atoms with Gasteiger partial charge in [0.05, 0.1) is 24.6 Å². The van der Waals surface area contributed by atoms with Crippen LogP contribution in [0.15, 0.2) is 65.1 Å². The molecule has 0 radical (unpaired) electrons. The van der Waals surface area contributed by atoms with Crippen LogP contribution in [-0.4, -0.2) is 90.3 Å². The van der Waals surface area contributed by atoms with E-state index in [1.54, 1.807) is 33.9 Å². The van der Waals surface area contributed by atoms with Crippen LogP contribution in [0.3, 0.4) is 0 Å². The van der Waals surface area contributed by atoms with E-state index in [1.807, 2.05) is 61.5 Å². The predicted octanol–water partition coefficient (Wildman–Crippen LogP) is 6.21. The number of methoxy groups -OCH3 is 1. The molecular weight excluding hydrogens is 803 g/mol. The quantitative estimate of drug-likeness (QED) is 0.171. The second-order valence-electron chi connectivity index (χ2n) is 17.7. The number of furan rings is 1. The van der Waals surface area contributed by atoms with Gasteiger partial charge in [-0.2, -0.15) is 0 Å². The summed E-state index contributed by atoms with van der Waals surface area (Å²) in [6.45, 7) is 7.12. The minimum absolute atomic E-state index is 0.0102. The number of carbonyl (C=O) groups excluding carboxylic acids is 4. The number of pyridine rings is 1. The second-order valence-corrected chi connectivity index (χ2v) is 19.7. The molecule has 2 aromatic carbocycles. The van der Waals surface area contributed by atoms with Crippen molar-refractivity contribution in [1.82, 2.24) is 25.2 Å². The van der Waals surface area contributed by atoms with Gasteiger partial charge in [0.25, 0.3) is 5.91 Å². The molecule has 1 saturated heterocycles. The van der Waals surface area contributed by atoms with Crippen LogP contribution in [0.2, 0.25) is 0 Å². The average molecular weight is 856 g/mol. The van der Waals surface area contributed by atoms with Gasteiger partial charge in [-0.3, -0.25) is 19.1 Å². The lowest BCUT2D eigenvalue weighted by Gasteiger charge is -2.30. The maximum atomic E-state index is 14.7. The van der Waals surface area contributed by atoms with Crippen molar-refractivity contribution in [1.29, 1.82) is 0 Å². The molecule has 4 amide bonds. The van der Waals surface area contributed by atoms with E-state index in [4.69, 9.17) is 23.6 Å². The molecule has 5 atom stereocenters. The number of aryl methyl sites for hydroxylation is 1. The Morgan fingerprint density at radius 2 is 1.79 bits per heavy atom. The smallest absolute Gasteiger partial charge is 0.408 e. The highest BCUT2D eigenvalue weighted by atomic mass is 32.2. The van der Waals surface area contributed by atoms with Crippen LogP contribution in [0.1, 0.15) is 84.1 Å². The van der Waals surface area contributed by atoms with Gasteiger partial charge in [-0.15, -0.1) is 0 Å². The number of fused-ring (bicyclic) bond motifs is 5. The van der Waals surface area contributed by atoms with Crippen LogP contribution >= 0.6 is 0 Å². The zero-order chi connectivity index (χ0) is 43.3. The van der Waals surface area contributed by atoms with E-state index in [-0.39, 0.29) is 19.4 Å². The summed E-state index contributed by atoms with van der Waals surface area (Å²) in [6.07, 6.45) is 6.52. The van der Waals surface area contributed by atoms with Crippen LogP contribution in [-0.2, 0) is 29.1 Å². The van der Waals surface area contributed by atoms with E-state index in [9.17, 15) is 27.6 Å². The summed E-state index contributed by atoms with van der Waals surface area (Å²) in [4.78, 5) is 62.8. The molecule has 0 bridgehead atoms. The molecule has 0 spiro atoms. The topological polar surface area (TPSA) is 195 Å². The van der Waals surface area contributed by atoms with E-state index in [1.165, 1.54) is 4.90 Å². The first-order valence-corrected chi connectivity index (χ1v) is 22.6.